The number of hydrogen-bond donors (Lipinski definition) is 1. The summed E-state index contributed by atoms with van der Waals surface area (Å²) in [6.07, 6.45) is 4.52. The van der Waals surface area contributed by atoms with Crippen LogP contribution in [0.15, 0.2) is 29.9 Å². The Morgan fingerprint density at radius 3 is 2.83 bits per heavy atom. The minimum absolute atomic E-state index is 0.0261. The largest absolute Gasteiger partial charge is 0.355 e. The predicted octanol–water partition coefficient (Wildman–Crippen LogP) is 1.30. The summed E-state index contributed by atoms with van der Waals surface area (Å²) < 4.78 is 22.8. The molecule has 1 fully saturated rings. The van der Waals surface area contributed by atoms with Crippen LogP contribution in [0.2, 0.25) is 0 Å². The number of sulfone groups is 1. The Bertz CT molecular complexity index is 787. The molecule has 0 saturated carbocycles. The summed E-state index contributed by atoms with van der Waals surface area (Å²) in [6, 6.07) is 3.82. The fourth-order valence-corrected chi connectivity index (χ4v) is 5.11. The molecule has 23 heavy (non-hydrogen) atoms. The quantitative estimate of drug-likeness (QED) is 0.877. The molecule has 1 aliphatic rings. The van der Waals surface area contributed by atoms with Gasteiger partial charge in [-0.3, -0.25) is 9.78 Å². The second-order valence-electron chi connectivity index (χ2n) is 5.52. The maximum absolute atomic E-state index is 11.9. The third-order valence-corrected chi connectivity index (χ3v) is 6.47. The van der Waals surface area contributed by atoms with Crippen molar-refractivity contribution in [3.05, 3.63) is 35.6 Å². The number of nitrogens with one attached hydrogen (secondary N) is 1. The van der Waals surface area contributed by atoms with Crippen LogP contribution in [0.25, 0.3) is 10.6 Å². The summed E-state index contributed by atoms with van der Waals surface area (Å²) in [6.45, 7) is 0.467. The predicted molar refractivity (Wildman–Crippen MR) is 88.8 cm³/mol. The van der Waals surface area contributed by atoms with E-state index in [0.717, 1.165) is 16.3 Å². The average Bonchev–Trinajstić information content (AvgIpc) is 3.14. The first kappa shape index (κ1) is 16.1. The summed E-state index contributed by atoms with van der Waals surface area (Å²) in [5, 5.41) is 5.71. The molecule has 3 rings (SSSR count). The van der Waals surface area contributed by atoms with E-state index in [1.807, 2.05) is 17.5 Å². The summed E-state index contributed by atoms with van der Waals surface area (Å²) in [4.78, 5) is 20.5. The van der Waals surface area contributed by atoms with Gasteiger partial charge in [0, 0.05) is 36.3 Å². The topological polar surface area (TPSA) is 89.0 Å². The van der Waals surface area contributed by atoms with E-state index in [2.05, 4.69) is 15.3 Å². The lowest BCUT2D eigenvalue weighted by Crippen LogP contribution is -2.32. The van der Waals surface area contributed by atoms with Gasteiger partial charge in [0.15, 0.2) is 9.84 Å². The Hall–Kier alpha value is -1.80. The van der Waals surface area contributed by atoms with E-state index in [0.29, 0.717) is 19.4 Å². The van der Waals surface area contributed by atoms with Gasteiger partial charge in [0.2, 0.25) is 5.91 Å². The van der Waals surface area contributed by atoms with Gasteiger partial charge in [-0.2, -0.15) is 0 Å². The fourth-order valence-electron chi connectivity index (χ4n) is 2.51. The maximum Gasteiger partial charge on any atom is 0.224 e. The van der Waals surface area contributed by atoms with Crippen molar-refractivity contribution < 1.29 is 13.2 Å². The van der Waals surface area contributed by atoms with Gasteiger partial charge in [-0.05, 0) is 18.6 Å². The van der Waals surface area contributed by atoms with Gasteiger partial charge in [-0.1, -0.05) is 0 Å². The average molecular weight is 351 g/mol. The lowest BCUT2D eigenvalue weighted by Gasteiger charge is -2.08. The molecule has 0 aromatic carbocycles. The van der Waals surface area contributed by atoms with Gasteiger partial charge in [-0.25, -0.2) is 13.4 Å². The van der Waals surface area contributed by atoms with E-state index < -0.39 is 15.8 Å². The normalized spacial score (nSPS) is 19.6. The number of carbonyl (C=O) groups excluding carboxylic acids is 1. The molecule has 1 aliphatic heterocycles. The maximum atomic E-state index is 11.9. The summed E-state index contributed by atoms with van der Waals surface area (Å²) in [5.74, 6) is -0.479. The number of hydrogen-bond acceptors (Lipinski definition) is 6. The summed E-state index contributed by atoms with van der Waals surface area (Å²) >= 11 is 1.56. The first-order valence-corrected chi connectivity index (χ1v) is 10.1. The lowest BCUT2D eigenvalue weighted by atomic mass is 10.1. The zero-order chi connectivity index (χ0) is 16.3. The smallest absolute Gasteiger partial charge is 0.224 e. The van der Waals surface area contributed by atoms with Crippen molar-refractivity contribution in [2.45, 2.75) is 12.8 Å². The van der Waals surface area contributed by atoms with E-state index in [1.165, 1.54) is 0 Å². The number of aromatic nitrogens is 2. The fraction of sp³-hybridized carbons (Fsp3) is 0.400. The Kier molecular flexibility index (Phi) is 4.72. The zero-order valence-corrected chi connectivity index (χ0v) is 14.1. The van der Waals surface area contributed by atoms with Gasteiger partial charge in [0.25, 0.3) is 0 Å². The molecule has 3 heterocycles. The van der Waals surface area contributed by atoms with Gasteiger partial charge in [-0.15, -0.1) is 11.3 Å². The number of carbonyl (C=O) groups is 1. The van der Waals surface area contributed by atoms with Gasteiger partial charge >= 0.3 is 0 Å². The lowest BCUT2D eigenvalue weighted by molar-refractivity contribution is -0.124. The molecule has 0 radical (unpaired) electrons. The van der Waals surface area contributed by atoms with E-state index in [4.69, 9.17) is 0 Å². The Balaban J connectivity index is 1.50. The van der Waals surface area contributed by atoms with Crippen LogP contribution in [0.3, 0.4) is 0 Å². The van der Waals surface area contributed by atoms with Crippen LogP contribution in [0.4, 0.5) is 0 Å². The second kappa shape index (κ2) is 6.76. The number of pyridine rings is 1. The highest BCUT2D eigenvalue weighted by Crippen LogP contribution is 2.23. The van der Waals surface area contributed by atoms with Crippen LogP contribution < -0.4 is 5.32 Å². The SMILES string of the molecule is O=C(NCCc1csc(-c2ccncc2)n1)[C@@H]1CCS(=O)(=O)C1. The molecule has 0 aliphatic carbocycles. The number of amides is 1. The van der Waals surface area contributed by atoms with Gasteiger partial charge in [0.05, 0.1) is 23.1 Å². The van der Waals surface area contributed by atoms with Crippen molar-refractivity contribution in [3.8, 4) is 10.6 Å². The monoisotopic (exact) mass is 351 g/mol. The Labute approximate surface area is 138 Å². The van der Waals surface area contributed by atoms with Crippen molar-refractivity contribution in [3.63, 3.8) is 0 Å². The van der Waals surface area contributed by atoms with E-state index in [1.54, 1.807) is 23.7 Å². The van der Waals surface area contributed by atoms with Gasteiger partial charge < -0.3 is 5.32 Å². The first-order chi connectivity index (χ1) is 11.0. The van der Waals surface area contributed by atoms with Crippen LogP contribution in [0.5, 0.6) is 0 Å². The molecule has 1 saturated heterocycles. The molecule has 1 amide bonds. The number of thiazole rings is 1. The third-order valence-electron chi connectivity index (χ3n) is 3.76. The first-order valence-electron chi connectivity index (χ1n) is 7.36. The highest BCUT2D eigenvalue weighted by atomic mass is 32.2. The molecular formula is C15H17N3O3S2. The number of nitrogens with zero attached hydrogens (tertiary/aromatic N) is 2. The molecule has 6 nitrogen and oxygen atoms in total. The van der Waals surface area contributed by atoms with Crippen LogP contribution in [-0.2, 0) is 21.1 Å². The van der Waals surface area contributed by atoms with Crippen molar-refractivity contribution in [2.24, 2.45) is 5.92 Å². The molecule has 0 spiro atoms. The summed E-state index contributed by atoms with van der Waals surface area (Å²) in [7, 11) is -3.02. The Morgan fingerprint density at radius 1 is 1.35 bits per heavy atom. The van der Waals surface area contributed by atoms with Crippen molar-refractivity contribution in [1.29, 1.82) is 0 Å². The van der Waals surface area contributed by atoms with E-state index >= 15 is 0 Å². The van der Waals surface area contributed by atoms with Crippen molar-refractivity contribution >= 4 is 27.1 Å². The van der Waals surface area contributed by atoms with Crippen LogP contribution in [0.1, 0.15) is 12.1 Å². The zero-order valence-electron chi connectivity index (χ0n) is 12.4. The molecule has 1 N–H and O–H groups in total. The molecule has 122 valence electrons. The molecule has 0 unspecified atom stereocenters. The highest BCUT2D eigenvalue weighted by Gasteiger charge is 2.32. The molecular weight excluding hydrogens is 334 g/mol. The second-order valence-corrected chi connectivity index (χ2v) is 8.61. The Morgan fingerprint density at radius 2 is 2.13 bits per heavy atom. The van der Waals surface area contributed by atoms with Crippen LogP contribution in [-0.4, -0.2) is 42.3 Å². The standard InChI is InChI=1S/C15H17N3O3S2/c19-14(12-4-8-23(20,21)10-12)17-7-3-13-9-22-15(18-13)11-1-5-16-6-2-11/h1-2,5-6,9,12H,3-4,7-8,10H2,(H,17,19)/t12-/m1/s1. The third kappa shape index (κ3) is 4.14. The van der Waals surface area contributed by atoms with Crippen molar-refractivity contribution in [2.75, 3.05) is 18.1 Å². The van der Waals surface area contributed by atoms with Gasteiger partial charge in [0.1, 0.15) is 5.01 Å². The molecule has 1 atom stereocenters. The molecule has 2 aromatic heterocycles. The van der Waals surface area contributed by atoms with Crippen LogP contribution in [0, 0.1) is 5.92 Å². The van der Waals surface area contributed by atoms with E-state index in [-0.39, 0.29) is 17.4 Å². The molecule has 2 aromatic rings. The number of rotatable bonds is 5. The minimum atomic E-state index is -3.02. The molecule has 8 heteroatoms. The highest BCUT2D eigenvalue weighted by molar-refractivity contribution is 7.91. The summed E-state index contributed by atoms with van der Waals surface area (Å²) in [5.41, 5.74) is 1.94. The van der Waals surface area contributed by atoms with Crippen molar-refractivity contribution in [1.82, 2.24) is 15.3 Å². The van der Waals surface area contributed by atoms with E-state index in [9.17, 15) is 13.2 Å². The van der Waals surface area contributed by atoms with Crippen LogP contribution >= 0.6 is 11.3 Å². The molecule has 0 bridgehead atoms. The minimum Gasteiger partial charge on any atom is -0.355 e.